The normalized spacial score (nSPS) is 14.6. The van der Waals surface area contributed by atoms with Crippen LogP contribution in [-0.2, 0) is 0 Å². The van der Waals surface area contributed by atoms with Crippen LogP contribution in [-0.4, -0.2) is 11.1 Å². The maximum absolute atomic E-state index is 9.41. The third-order valence-electron chi connectivity index (χ3n) is 1.61. The zero-order chi connectivity index (χ0) is 8.27. The minimum Gasteiger partial charge on any atom is -0.672 e. The van der Waals surface area contributed by atoms with Crippen LogP contribution in [0.3, 0.4) is 0 Å². The Balaban J connectivity index is 0.00000121. The van der Waals surface area contributed by atoms with E-state index in [1.54, 1.807) is 6.92 Å². The summed E-state index contributed by atoms with van der Waals surface area (Å²) >= 11 is 0. The van der Waals surface area contributed by atoms with Gasteiger partial charge in [-0.15, -0.1) is 6.04 Å². The smallest absolute Gasteiger partial charge is 0.0626 e. The number of nitrogens with one attached hydrogen (secondary N) is 1. The Morgan fingerprint density at radius 2 is 1.75 bits per heavy atom. The fraction of sp³-hybridized carbons (Fsp3) is 0.333. The first-order chi connectivity index (χ1) is 5.22. The molecule has 12 heavy (non-hydrogen) atoms. The van der Waals surface area contributed by atoms with Gasteiger partial charge in [0.15, 0.2) is 0 Å². The third kappa shape index (κ3) is 3.53. The number of hydrogen-bond acceptors (Lipinski definition) is 1. The average Bonchev–Trinajstić information content (AvgIpc) is 2.05. The Labute approximate surface area is 109 Å². The molecule has 0 aliphatic carbocycles. The standard InChI is InChI=1S/C9H12NO.Ac/c1-7(10)9(11)8-5-3-2-4-6-8;/h2-7,9-11H,1H3;/q-1;/t7-,9-;/m1./s1. The van der Waals surface area contributed by atoms with E-state index in [0.29, 0.717) is 0 Å². The molecule has 1 rings (SSSR count). The average molecular weight is 377 g/mol. The van der Waals surface area contributed by atoms with Crippen molar-refractivity contribution in [3.63, 3.8) is 0 Å². The molecule has 0 aromatic heterocycles. The second-order valence-corrected chi connectivity index (χ2v) is 2.64. The van der Waals surface area contributed by atoms with Crippen molar-refractivity contribution in [2.75, 3.05) is 0 Å². The maximum atomic E-state index is 9.41. The summed E-state index contributed by atoms with van der Waals surface area (Å²) in [5.74, 6) is 0. The van der Waals surface area contributed by atoms with Gasteiger partial charge in [0.1, 0.15) is 0 Å². The molecule has 0 unspecified atom stereocenters. The van der Waals surface area contributed by atoms with Gasteiger partial charge in [0.25, 0.3) is 0 Å². The molecule has 1 radical (unpaired) electrons. The van der Waals surface area contributed by atoms with Gasteiger partial charge in [0.2, 0.25) is 0 Å². The number of aliphatic hydroxyl groups is 1. The third-order valence-corrected chi connectivity index (χ3v) is 1.61. The van der Waals surface area contributed by atoms with Crippen LogP contribution in [0.5, 0.6) is 0 Å². The largest absolute Gasteiger partial charge is 0.672 e. The van der Waals surface area contributed by atoms with E-state index in [-0.39, 0.29) is 44.1 Å². The molecule has 3 heteroatoms. The van der Waals surface area contributed by atoms with Crippen LogP contribution < -0.4 is 0 Å². The maximum Gasteiger partial charge on any atom is 0.0626 e. The molecule has 0 spiro atoms. The van der Waals surface area contributed by atoms with E-state index in [1.165, 1.54) is 0 Å². The van der Waals surface area contributed by atoms with Gasteiger partial charge in [-0.1, -0.05) is 37.3 Å². The summed E-state index contributed by atoms with van der Waals surface area (Å²) in [5.41, 5.74) is 8.09. The molecule has 0 saturated carbocycles. The minimum absolute atomic E-state index is 0. The monoisotopic (exact) mass is 377 g/mol. The van der Waals surface area contributed by atoms with Crippen molar-refractivity contribution in [3.05, 3.63) is 41.6 Å². The van der Waals surface area contributed by atoms with E-state index in [0.717, 1.165) is 5.56 Å². The summed E-state index contributed by atoms with van der Waals surface area (Å²) in [5, 5.41) is 9.41. The van der Waals surface area contributed by atoms with Crippen LogP contribution in [0.25, 0.3) is 5.73 Å². The molecule has 63 valence electrons. The summed E-state index contributed by atoms with van der Waals surface area (Å²) in [6, 6.07) is 8.82. The number of aliphatic hydroxyl groups excluding tert-OH is 1. The molecule has 2 nitrogen and oxygen atoms in total. The van der Waals surface area contributed by atoms with Crippen molar-refractivity contribution >= 4 is 0 Å². The summed E-state index contributed by atoms with van der Waals surface area (Å²) in [6.07, 6.45) is -0.656. The fourth-order valence-corrected chi connectivity index (χ4v) is 0.939. The van der Waals surface area contributed by atoms with Crippen LogP contribution in [0.15, 0.2) is 30.3 Å². The summed E-state index contributed by atoms with van der Waals surface area (Å²) in [4.78, 5) is 0. The molecular weight excluding hydrogens is 365 g/mol. The number of hydrogen-bond donors (Lipinski definition) is 1. The first kappa shape index (κ1) is 12.6. The van der Waals surface area contributed by atoms with Crippen molar-refractivity contribution in [2.45, 2.75) is 19.1 Å². The Kier molecular flexibility index (Phi) is 6.39. The molecule has 0 fully saturated rings. The quantitative estimate of drug-likeness (QED) is 0.844. The Morgan fingerprint density at radius 3 is 2.17 bits per heavy atom. The predicted octanol–water partition coefficient (Wildman–Crippen LogP) is 2.16. The van der Waals surface area contributed by atoms with Crippen molar-refractivity contribution in [3.8, 4) is 0 Å². The molecule has 2 atom stereocenters. The van der Waals surface area contributed by atoms with Crippen LogP contribution >= 0.6 is 0 Å². The number of rotatable bonds is 2. The van der Waals surface area contributed by atoms with E-state index in [1.807, 2.05) is 30.3 Å². The first-order valence-corrected chi connectivity index (χ1v) is 3.66. The Morgan fingerprint density at radius 1 is 1.25 bits per heavy atom. The van der Waals surface area contributed by atoms with E-state index in [4.69, 9.17) is 5.73 Å². The predicted molar refractivity (Wildman–Crippen MR) is 45.2 cm³/mol. The topological polar surface area (TPSA) is 44.0 Å². The van der Waals surface area contributed by atoms with Gasteiger partial charge >= 0.3 is 0 Å². The van der Waals surface area contributed by atoms with Crippen molar-refractivity contribution in [2.24, 2.45) is 0 Å². The second kappa shape index (κ2) is 6.10. The van der Waals surface area contributed by atoms with Crippen molar-refractivity contribution in [1.29, 1.82) is 0 Å². The van der Waals surface area contributed by atoms with Crippen LogP contribution in [0.1, 0.15) is 18.6 Å². The van der Waals surface area contributed by atoms with Gasteiger partial charge in [0, 0.05) is 44.1 Å². The molecule has 1 aromatic rings. The van der Waals surface area contributed by atoms with E-state index < -0.39 is 12.1 Å². The summed E-state index contributed by atoms with van der Waals surface area (Å²) < 4.78 is 0. The SMILES string of the molecule is C[C@@H]([NH-])[C@@H](O)c1ccccc1.[Ac]. The van der Waals surface area contributed by atoms with Crippen LogP contribution in [0.4, 0.5) is 0 Å². The molecular formula is C9H12AcNO-. The minimum atomic E-state index is -0.656. The molecule has 0 amide bonds. The van der Waals surface area contributed by atoms with E-state index in [2.05, 4.69) is 0 Å². The van der Waals surface area contributed by atoms with Crippen molar-refractivity contribution in [1.82, 2.24) is 0 Å². The number of benzene rings is 1. The fourth-order valence-electron chi connectivity index (χ4n) is 0.939. The van der Waals surface area contributed by atoms with Crippen molar-refractivity contribution < 1.29 is 49.2 Å². The van der Waals surface area contributed by atoms with Gasteiger partial charge < -0.3 is 10.8 Å². The molecule has 0 heterocycles. The summed E-state index contributed by atoms with van der Waals surface area (Å²) in [7, 11) is 0. The first-order valence-electron chi connectivity index (χ1n) is 3.66. The van der Waals surface area contributed by atoms with Crippen LogP contribution in [0, 0.1) is 44.1 Å². The van der Waals surface area contributed by atoms with Gasteiger partial charge in [-0.3, -0.25) is 0 Å². The molecule has 0 aliphatic rings. The Hall–Kier alpha value is 0.582. The van der Waals surface area contributed by atoms with Gasteiger partial charge in [-0.05, 0) is 5.56 Å². The zero-order valence-electron chi connectivity index (χ0n) is 7.07. The second-order valence-electron chi connectivity index (χ2n) is 2.64. The van der Waals surface area contributed by atoms with Gasteiger partial charge in [-0.25, -0.2) is 0 Å². The van der Waals surface area contributed by atoms with E-state index in [9.17, 15) is 5.11 Å². The van der Waals surface area contributed by atoms with Gasteiger partial charge in [-0.2, -0.15) is 0 Å². The van der Waals surface area contributed by atoms with Crippen LogP contribution in [0.2, 0.25) is 0 Å². The molecule has 0 aliphatic heterocycles. The Bertz CT molecular complexity index is 213. The zero-order valence-corrected chi connectivity index (χ0v) is 11.8. The summed E-state index contributed by atoms with van der Waals surface area (Å²) in [6.45, 7) is 1.68. The van der Waals surface area contributed by atoms with Gasteiger partial charge in [0.05, 0.1) is 6.10 Å². The molecule has 0 bridgehead atoms. The van der Waals surface area contributed by atoms with E-state index >= 15 is 0 Å². The molecule has 1 aromatic carbocycles. The molecule has 2 N–H and O–H groups in total. The molecule has 0 saturated heterocycles.